The van der Waals surface area contributed by atoms with Crippen molar-refractivity contribution in [1.29, 1.82) is 0 Å². The Labute approximate surface area is 109 Å². The molecule has 1 heterocycles. The summed E-state index contributed by atoms with van der Waals surface area (Å²) in [6.07, 6.45) is 0. The second-order valence-electron chi connectivity index (χ2n) is 5.50. The molecule has 0 aromatic heterocycles. The van der Waals surface area contributed by atoms with E-state index < -0.39 is 0 Å². The molecule has 98 valence electrons. The zero-order valence-electron chi connectivity index (χ0n) is 11.5. The lowest BCUT2D eigenvalue weighted by molar-refractivity contribution is -0.146. The van der Waals surface area contributed by atoms with E-state index in [1.54, 1.807) is 0 Å². The summed E-state index contributed by atoms with van der Waals surface area (Å²) in [5, 5.41) is 3.31. The van der Waals surface area contributed by atoms with Crippen LogP contribution >= 0.6 is 0 Å². The van der Waals surface area contributed by atoms with Crippen LogP contribution in [-0.2, 0) is 14.9 Å². The first kappa shape index (κ1) is 13.1. The normalized spacial score (nSPS) is 27.2. The van der Waals surface area contributed by atoms with E-state index in [0.717, 1.165) is 6.54 Å². The van der Waals surface area contributed by atoms with Crippen molar-refractivity contribution in [3.05, 3.63) is 34.9 Å². The average molecular weight is 247 g/mol. The van der Waals surface area contributed by atoms with Crippen LogP contribution in [0.4, 0.5) is 0 Å². The highest BCUT2D eigenvalue weighted by Crippen LogP contribution is 2.36. The number of ether oxygens (including phenoxy) is 1. The smallest absolute Gasteiger partial charge is 0.310 e. The van der Waals surface area contributed by atoms with Crippen LogP contribution in [0.15, 0.2) is 18.2 Å². The minimum absolute atomic E-state index is 0.108. The van der Waals surface area contributed by atoms with Gasteiger partial charge in [0.05, 0.1) is 13.0 Å². The molecule has 18 heavy (non-hydrogen) atoms. The Morgan fingerprint density at radius 3 is 2.50 bits per heavy atom. The van der Waals surface area contributed by atoms with E-state index in [9.17, 15) is 4.79 Å². The van der Waals surface area contributed by atoms with Gasteiger partial charge in [0.2, 0.25) is 0 Å². The summed E-state index contributed by atoms with van der Waals surface area (Å²) in [7, 11) is 1.46. The maximum absolute atomic E-state index is 11.9. The summed E-state index contributed by atoms with van der Waals surface area (Å²) in [4.78, 5) is 11.9. The van der Waals surface area contributed by atoms with E-state index in [2.05, 4.69) is 44.3 Å². The third-order valence-electron chi connectivity index (χ3n) is 3.98. The number of rotatable bonds is 2. The van der Waals surface area contributed by atoms with Gasteiger partial charge in [-0.3, -0.25) is 4.79 Å². The Bertz CT molecular complexity index is 449. The van der Waals surface area contributed by atoms with Gasteiger partial charge in [-0.25, -0.2) is 0 Å². The van der Waals surface area contributed by atoms with Crippen LogP contribution in [-0.4, -0.2) is 26.2 Å². The number of benzene rings is 1. The molecule has 0 saturated carbocycles. The van der Waals surface area contributed by atoms with Gasteiger partial charge in [-0.15, -0.1) is 0 Å². The molecule has 0 spiro atoms. The molecule has 0 radical (unpaired) electrons. The molecule has 1 saturated heterocycles. The van der Waals surface area contributed by atoms with Crippen molar-refractivity contribution in [2.24, 2.45) is 5.92 Å². The van der Waals surface area contributed by atoms with Crippen LogP contribution in [0, 0.1) is 19.8 Å². The fourth-order valence-electron chi connectivity index (χ4n) is 2.92. The van der Waals surface area contributed by atoms with Gasteiger partial charge in [0, 0.05) is 18.5 Å². The Hall–Kier alpha value is -1.35. The first-order valence-electron chi connectivity index (χ1n) is 6.34. The van der Waals surface area contributed by atoms with Gasteiger partial charge in [-0.1, -0.05) is 36.2 Å². The van der Waals surface area contributed by atoms with Crippen LogP contribution in [0.25, 0.3) is 0 Å². The second kappa shape index (κ2) is 4.73. The molecular formula is C15H21NO2. The summed E-state index contributed by atoms with van der Waals surface area (Å²) in [6.45, 7) is 7.83. The fourth-order valence-corrected chi connectivity index (χ4v) is 2.92. The maximum Gasteiger partial charge on any atom is 0.310 e. The topological polar surface area (TPSA) is 38.3 Å². The summed E-state index contributed by atoms with van der Waals surface area (Å²) in [6, 6.07) is 6.51. The van der Waals surface area contributed by atoms with Gasteiger partial charge in [0.15, 0.2) is 0 Å². The van der Waals surface area contributed by atoms with E-state index >= 15 is 0 Å². The molecular weight excluding hydrogens is 226 g/mol. The maximum atomic E-state index is 11.9. The van der Waals surface area contributed by atoms with Gasteiger partial charge in [0.1, 0.15) is 0 Å². The molecule has 2 rings (SSSR count). The monoisotopic (exact) mass is 247 g/mol. The molecule has 2 unspecified atom stereocenters. The molecule has 0 bridgehead atoms. The number of nitrogens with one attached hydrogen (secondary N) is 1. The van der Waals surface area contributed by atoms with Crippen molar-refractivity contribution < 1.29 is 9.53 Å². The highest BCUT2D eigenvalue weighted by molar-refractivity contribution is 5.75. The predicted molar refractivity (Wildman–Crippen MR) is 71.6 cm³/mol. The summed E-state index contributed by atoms with van der Waals surface area (Å²) in [5.74, 6) is -0.231. The van der Waals surface area contributed by atoms with Gasteiger partial charge >= 0.3 is 5.97 Å². The molecule has 0 aliphatic carbocycles. The van der Waals surface area contributed by atoms with Crippen molar-refractivity contribution in [3.8, 4) is 0 Å². The average Bonchev–Trinajstić information content (AvgIpc) is 2.70. The van der Waals surface area contributed by atoms with Crippen molar-refractivity contribution >= 4 is 5.97 Å². The van der Waals surface area contributed by atoms with E-state index in [1.807, 2.05) is 0 Å². The Morgan fingerprint density at radius 2 is 1.94 bits per heavy atom. The first-order chi connectivity index (χ1) is 8.47. The number of esters is 1. The van der Waals surface area contributed by atoms with E-state index in [-0.39, 0.29) is 17.3 Å². The predicted octanol–water partition coefficient (Wildman–Crippen LogP) is 1.95. The zero-order chi connectivity index (χ0) is 13.3. The van der Waals surface area contributed by atoms with Crippen LogP contribution in [0.2, 0.25) is 0 Å². The molecule has 1 aromatic carbocycles. The summed E-state index contributed by atoms with van der Waals surface area (Å²) < 4.78 is 4.93. The van der Waals surface area contributed by atoms with Crippen LogP contribution in [0.1, 0.15) is 23.6 Å². The lowest BCUT2D eigenvalue weighted by Crippen LogP contribution is -2.37. The molecule has 1 aliphatic rings. The van der Waals surface area contributed by atoms with Gasteiger partial charge in [-0.05, 0) is 19.4 Å². The lowest BCUT2D eigenvalue weighted by Gasteiger charge is -2.30. The third kappa shape index (κ3) is 2.15. The Kier molecular flexibility index (Phi) is 3.44. The number of aryl methyl sites for hydroxylation is 2. The minimum atomic E-state index is -0.177. The quantitative estimate of drug-likeness (QED) is 0.812. The number of hydrogen-bond donors (Lipinski definition) is 1. The highest BCUT2D eigenvalue weighted by Gasteiger charge is 2.45. The molecule has 1 fully saturated rings. The molecule has 1 N–H and O–H groups in total. The molecule has 3 heteroatoms. The first-order valence-corrected chi connectivity index (χ1v) is 6.34. The standard InChI is InChI=1S/C15H21NO2/c1-10-5-11(2)7-12(6-10)15(3)9-16-8-13(15)14(17)18-4/h5-7,13,16H,8-9H2,1-4H3. The molecule has 0 amide bonds. The minimum Gasteiger partial charge on any atom is -0.469 e. The molecule has 1 aromatic rings. The highest BCUT2D eigenvalue weighted by atomic mass is 16.5. The van der Waals surface area contributed by atoms with Crippen LogP contribution < -0.4 is 5.32 Å². The van der Waals surface area contributed by atoms with E-state index in [1.165, 1.54) is 23.8 Å². The van der Waals surface area contributed by atoms with Crippen molar-refractivity contribution in [3.63, 3.8) is 0 Å². The zero-order valence-corrected chi connectivity index (χ0v) is 11.5. The fraction of sp³-hybridized carbons (Fsp3) is 0.533. The number of carbonyl (C=O) groups is 1. The molecule has 1 aliphatic heterocycles. The number of methoxy groups -OCH3 is 1. The van der Waals surface area contributed by atoms with Crippen molar-refractivity contribution in [2.75, 3.05) is 20.2 Å². The van der Waals surface area contributed by atoms with Crippen LogP contribution in [0.5, 0.6) is 0 Å². The van der Waals surface area contributed by atoms with Crippen LogP contribution in [0.3, 0.4) is 0 Å². The molecule has 3 nitrogen and oxygen atoms in total. The SMILES string of the molecule is COC(=O)C1CNCC1(C)c1cc(C)cc(C)c1. The number of hydrogen-bond acceptors (Lipinski definition) is 3. The largest absolute Gasteiger partial charge is 0.469 e. The van der Waals surface area contributed by atoms with Gasteiger partial charge in [-0.2, -0.15) is 0 Å². The number of carbonyl (C=O) groups excluding carboxylic acids is 1. The van der Waals surface area contributed by atoms with E-state index in [0.29, 0.717) is 6.54 Å². The van der Waals surface area contributed by atoms with Crippen molar-refractivity contribution in [1.82, 2.24) is 5.32 Å². The lowest BCUT2D eigenvalue weighted by atomic mass is 9.73. The van der Waals surface area contributed by atoms with Crippen molar-refractivity contribution in [2.45, 2.75) is 26.2 Å². The van der Waals surface area contributed by atoms with E-state index in [4.69, 9.17) is 4.74 Å². The van der Waals surface area contributed by atoms with Gasteiger partial charge in [0.25, 0.3) is 0 Å². The summed E-state index contributed by atoms with van der Waals surface area (Å²) >= 11 is 0. The third-order valence-corrected chi connectivity index (χ3v) is 3.98. The Morgan fingerprint density at radius 1 is 1.33 bits per heavy atom. The molecule has 2 atom stereocenters. The summed E-state index contributed by atoms with van der Waals surface area (Å²) in [5.41, 5.74) is 3.52. The second-order valence-corrected chi connectivity index (χ2v) is 5.50. The van der Waals surface area contributed by atoms with Gasteiger partial charge < -0.3 is 10.1 Å². The Balaban J connectivity index is 2.42.